The van der Waals surface area contributed by atoms with E-state index in [0.29, 0.717) is 5.75 Å². The molecule has 1 aliphatic carbocycles. The van der Waals surface area contributed by atoms with Crippen molar-refractivity contribution in [2.24, 2.45) is 5.73 Å². The summed E-state index contributed by atoms with van der Waals surface area (Å²) in [5.41, 5.74) is 7.96. The summed E-state index contributed by atoms with van der Waals surface area (Å²) in [6.45, 7) is 0. The van der Waals surface area contributed by atoms with Gasteiger partial charge in [-0.3, -0.25) is 0 Å². The molecule has 0 aliphatic heterocycles. The molecule has 0 aromatic heterocycles. The van der Waals surface area contributed by atoms with Crippen LogP contribution >= 0.6 is 15.9 Å². The molecule has 0 fully saturated rings. The highest BCUT2D eigenvalue weighted by atomic mass is 79.9. The van der Waals surface area contributed by atoms with Crippen molar-refractivity contribution < 1.29 is 5.11 Å². The van der Waals surface area contributed by atoms with Gasteiger partial charge in [0.05, 0.1) is 0 Å². The number of nitrogens with two attached hydrogens (primary N) is 1. The first kappa shape index (κ1) is 8.08. The minimum absolute atomic E-state index is 0.100. The highest BCUT2D eigenvalue weighted by molar-refractivity contribution is 9.10. The predicted octanol–water partition coefficient (Wildman–Crippen LogP) is 2.10. The molecule has 1 aliphatic rings. The van der Waals surface area contributed by atoms with Crippen LogP contribution < -0.4 is 5.73 Å². The Bertz CT molecular complexity index is 325. The highest BCUT2D eigenvalue weighted by Crippen LogP contribution is 2.37. The van der Waals surface area contributed by atoms with Gasteiger partial charge in [0.1, 0.15) is 5.75 Å². The van der Waals surface area contributed by atoms with Crippen molar-refractivity contribution in [2.75, 3.05) is 0 Å². The van der Waals surface area contributed by atoms with E-state index in [0.717, 1.165) is 28.4 Å². The summed E-state index contributed by atoms with van der Waals surface area (Å²) in [4.78, 5) is 0. The molecule has 2 rings (SSSR count). The third-order valence-electron chi connectivity index (χ3n) is 2.33. The molecule has 0 heterocycles. The van der Waals surface area contributed by atoms with Crippen LogP contribution in [0.1, 0.15) is 23.6 Å². The SMILES string of the molecule is N[C@H]1CCc2c(O)cc(Br)cc21. The fourth-order valence-electron chi connectivity index (χ4n) is 1.70. The Morgan fingerprint density at radius 3 is 3.00 bits per heavy atom. The number of phenolic OH excluding ortho intramolecular Hbond substituents is 1. The summed E-state index contributed by atoms with van der Waals surface area (Å²) in [5, 5.41) is 9.54. The molecule has 12 heavy (non-hydrogen) atoms. The van der Waals surface area contributed by atoms with Crippen LogP contribution in [0.5, 0.6) is 5.75 Å². The molecule has 0 unspecified atom stereocenters. The van der Waals surface area contributed by atoms with E-state index < -0.39 is 0 Å². The van der Waals surface area contributed by atoms with Crippen LogP contribution in [0.15, 0.2) is 16.6 Å². The molecule has 3 heteroatoms. The van der Waals surface area contributed by atoms with Gasteiger partial charge in [-0.05, 0) is 36.1 Å². The maximum Gasteiger partial charge on any atom is 0.120 e. The zero-order chi connectivity index (χ0) is 8.72. The Morgan fingerprint density at radius 2 is 2.25 bits per heavy atom. The van der Waals surface area contributed by atoms with E-state index in [-0.39, 0.29) is 6.04 Å². The van der Waals surface area contributed by atoms with Crippen molar-refractivity contribution in [3.63, 3.8) is 0 Å². The number of benzene rings is 1. The van der Waals surface area contributed by atoms with Gasteiger partial charge in [-0.15, -0.1) is 0 Å². The monoisotopic (exact) mass is 227 g/mol. The topological polar surface area (TPSA) is 46.2 Å². The fraction of sp³-hybridized carbons (Fsp3) is 0.333. The van der Waals surface area contributed by atoms with Crippen LogP contribution in [0.2, 0.25) is 0 Å². The molecular formula is C9H10BrNO. The molecule has 64 valence electrons. The largest absolute Gasteiger partial charge is 0.508 e. The Labute approximate surface area is 79.5 Å². The number of hydrogen-bond acceptors (Lipinski definition) is 2. The van der Waals surface area contributed by atoms with E-state index in [1.54, 1.807) is 6.07 Å². The smallest absolute Gasteiger partial charge is 0.120 e. The van der Waals surface area contributed by atoms with Crippen LogP contribution in [-0.2, 0) is 6.42 Å². The molecule has 3 N–H and O–H groups in total. The first-order chi connectivity index (χ1) is 5.68. The molecule has 0 bridgehead atoms. The van der Waals surface area contributed by atoms with Crippen LogP contribution in [0.3, 0.4) is 0 Å². The molecular weight excluding hydrogens is 218 g/mol. The summed E-state index contributed by atoms with van der Waals surface area (Å²) in [6, 6.07) is 3.81. The number of rotatable bonds is 0. The molecule has 0 amide bonds. The molecule has 0 radical (unpaired) electrons. The normalized spacial score (nSPS) is 21.0. The second-order valence-electron chi connectivity index (χ2n) is 3.14. The van der Waals surface area contributed by atoms with Gasteiger partial charge in [-0.2, -0.15) is 0 Å². The summed E-state index contributed by atoms with van der Waals surface area (Å²) >= 11 is 3.33. The maximum absolute atomic E-state index is 9.54. The summed E-state index contributed by atoms with van der Waals surface area (Å²) in [7, 11) is 0. The van der Waals surface area contributed by atoms with Crippen molar-refractivity contribution in [3.05, 3.63) is 27.7 Å². The Morgan fingerprint density at radius 1 is 1.50 bits per heavy atom. The van der Waals surface area contributed by atoms with Crippen LogP contribution in [0.25, 0.3) is 0 Å². The van der Waals surface area contributed by atoms with Gasteiger partial charge in [-0.25, -0.2) is 0 Å². The number of fused-ring (bicyclic) bond motifs is 1. The first-order valence-corrected chi connectivity index (χ1v) is 4.74. The Hall–Kier alpha value is -0.540. The van der Waals surface area contributed by atoms with E-state index in [9.17, 15) is 5.11 Å². The second kappa shape index (κ2) is 2.75. The van der Waals surface area contributed by atoms with E-state index in [4.69, 9.17) is 5.73 Å². The average molecular weight is 228 g/mol. The van der Waals surface area contributed by atoms with Gasteiger partial charge in [0, 0.05) is 10.5 Å². The van der Waals surface area contributed by atoms with Gasteiger partial charge in [0.2, 0.25) is 0 Å². The molecule has 1 aromatic carbocycles. The van der Waals surface area contributed by atoms with Gasteiger partial charge < -0.3 is 10.8 Å². The quantitative estimate of drug-likeness (QED) is 0.714. The summed E-state index contributed by atoms with van der Waals surface area (Å²) < 4.78 is 0.899. The highest BCUT2D eigenvalue weighted by Gasteiger charge is 2.21. The van der Waals surface area contributed by atoms with Crippen LogP contribution in [-0.4, -0.2) is 5.11 Å². The molecule has 0 spiro atoms. The predicted molar refractivity (Wildman–Crippen MR) is 51.1 cm³/mol. The van der Waals surface area contributed by atoms with E-state index in [1.807, 2.05) is 6.07 Å². The van der Waals surface area contributed by atoms with Crippen molar-refractivity contribution in [1.82, 2.24) is 0 Å². The van der Waals surface area contributed by atoms with E-state index in [1.165, 1.54) is 0 Å². The minimum Gasteiger partial charge on any atom is -0.508 e. The third kappa shape index (κ3) is 1.13. The molecule has 1 aromatic rings. The Kier molecular flexibility index (Phi) is 1.85. The summed E-state index contributed by atoms with van der Waals surface area (Å²) in [5.74, 6) is 0.368. The van der Waals surface area contributed by atoms with Gasteiger partial charge >= 0.3 is 0 Å². The van der Waals surface area contributed by atoms with Crippen molar-refractivity contribution in [3.8, 4) is 5.75 Å². The van der Waals surface area contributed by atoms with E-state index in [2.05, 4.69) is 15.9 Å². The number of hydrogen-bond donors (Lipinski definition) is 2. The number of phenols is 1. The minimum atomic E-state index is 0.100. The zero-order valence-electron chi connectivity index (χ0n) is 6.55. The lowest BCUT2D eigenvalue weighted by molar-refractivity contribution is 0.469. The summed E-state index contributed by atoms with van der Waals surface area (Å²) in [6.07, 6.45) is 1.84. The number of halogens is 1. The Balaban J connectivity index is 2.60. The van der Waals surface area contributed by atoms with Crippen LogP contribution in [0, 0.1) is 0 Å². The number of aromatic hydroxyl groups is 1. The van der Waals surface area contributed by atoms with Crippen molar-refractivity contribution in [1.29, 1.82) is 0 Å². The lowest BCUT2D eigenvalue weighted by Crippen LogP contribution is -2.04. The van der Waals surface area contributed by atoms with Crippen molar-refractivity contribution >= 4 is 15.9 Å². The van der Waals surface area contributed by atoms with Gasteiger partial charge in [0.15, 0.2) is 0 Å². The molecule has 1 atom stereocenters. The average Bonchev–Trinajstić information content (AvgIpc) is 2.33. The fourth-order valence-corrected chi connectivity index (χ4v) is 2.16. The standard InChI is InChI=1S/C9H10BrNO/c10-5-3-7-6(9(12)4-5)1-2-8(7)11/h3-4,8,12H,1-2,11H2/t8-/m0/s1. The molecule has 2 nitrogen and oxygen atoms in total. The van der Waals surface area contributed by atoms with E-state index >= 15 is 0 Å². The second-order valence-corrected chi connectivity index (χ2v) is 4.05. The lowest BCUT2D eigenvalue weighted by Gasteiger charge is -2.06. The first-order valence-electron chi connectivity index (χ1n) is 3.95. The molecule has 0 saturated carbocycles. The zero-order valence-corrected chi connectivity index (χ0v) is 8.13. The van der Waals surface area contributed by atoms with Crippen LogP contribution in [0.4, 0.5) is 0 Å². The molecule has 0 saturated heterocycles. The third-order valence-corrected chi connectivity index (χ3v) is 2.79. The lowest BCUT2D eigenvalue weighted by atomic mass is 10.1. The van der Waals surface area contributed by atoms with Gasteiger partial charge in [0.25, 0.3) is 0 Å². The van der Waals surface area contributed by atoms with Gasteiger partial charge in [-0.1, -0.05) is 15.9 Å². The maximum atomic E-state index is 9.54. The van der Waals surface area contributed by atoms with Crippen molar-refractivity contribution in [2.45, 2.75) is 18.9 Å².